The minimum Gasteiger partial charge on any atom is -0.495 e. The highest BCUT2D eigenvalue weighted by Gasteiger charge is 2.35. The van der Waals surface area contributed by atoms with Gasteiger partial charge >= 0.3 is 5.97 Å². The van der Waals surface area contributed by atoms with E-state index in [-0.39, 0.29) is 29.2 Å². The van der Waals surface area contributed by atoms with Gasteiger partial charge in [0.2, 0.25) is 0 Å². The first-order chi connectivity index (χ1) is 12.9. The summed E-state index contributed by atoms with van der Waals surface area (Å²) in [5.74, 6) is -0.369. The van der Waals surface area contributed by atoms with Crippen LogP contribution in [0.4, 0.5) is 11.4 Å². The van der Waals surface area contributed by atoms with Crippen LogP contribution in [0.3, 0.4) is 0 Å². The predicted molar refractivity (Wildman–Crippen MR) is 97.8 cm³/mol. The molecule has 9 nitrogen and oxygen atoms in total. The van der Waals surface area contributed by atoms with Crippen LogP contribution in [-0.2, 0) is 14.3 Å². The van der Waals surface area contributed by atoms with Crippen molar-refractivity contribution in [1.82, 2.24) is 0 Å². The van der Waals surface area contributed by atoms with Crippen LogP contribution in [0.15, 0.2) is 18.2 Å². The lowest BCUT2D eigenvalue weighted by Crippen LogP contribution is -3.18. The Morgan fingerprint density at radius 3 is 2.81 bits per heavy atom. The number of hydrogen-bond donors (Lipinski definition) is 2. The average molecular weight is 380 g/mol. The Morgan fingerprint density at radius 2 is 2.19 bits per heavy atom. The summed E-state index contributed by atoms with van der Waals surface area (Å²) in [5.41, 5.74) is 0.119. The number of quaternary nitrogens is 1. The molecule has 1 aromatic carbocycles. The molecule has 148 valence electrons. The first kappa shape index (κ1) is 20.6. The number of hydrogen-bond acceptors (Lipinski definition) is 6. The number of non-ortho nitro benzene ring substituents is 1. The van der Waals surface area contributed by atoms with Crippen LogP contribution in [-0.4, -0.2) is 49.6 Å². The van der Waals surface area contributed by atoms with E-state index in [2.05, 4.69) is 5.32 Å². The Bertz CT molecular complexity index is 708. The summed E-state index contributed by atoms with van der Waals surface area (Å²) in [6, 6.07) is 3.61. The molecular weight excluding hydrogens is 354 g/mol. The van der Waals surface area contributed by atoms with Crippen LogP contribution in [0, 0.1) is 16.0 Å². The molecule has 0 saturated carbocycles. The molecule has 0 aliphatic carbocycles. The number of nitrogens with one attached hydrogen (secondary N) is 2. The van der Waals surface area contributed by atoms with Crippen LogP contribution in [0.1, 0.15) is 26.7 Å². The average Bonchev–Trinajstić information content (AvgIpc) is 2.67. The highest BCUT2D eigenvalue weighted by atomic mass is 16.6. The topological polar surface area (TPSA) is 112 Å². The number of rotatable bonds is 7. The van der Waals surface area contributed by atoms with Crippen LogP contribution in [0.2, 0.25) is 0 Å². The molecule has 3 atom stereocenters. The van der Waals surface area contributed by atoms with Crippen LogP contribution in [0.25, 0.3) is 0 Å². The first-order valence-corrected chi connectivity index (χ1v) is 9.01. The minimum atomic E-state index is -0.529. The summed E-state index contributed by atoms with van der Waals surface area (Å²) in [7, 11) is 1.43. The van der Waals surface area contributed by atoms with E-state index in [1.165, 1.54) is 25.3 Å². The Morgan fingerprint density at radius 1 is 1.44 bits per heavy atom. The van der Waals surface area contributed by atoms with Gasteiger partial charge in [-0.2, -0.15) is 0 Å². The van der Waals surface area contributed by atoms with Gasteiger partial charge in [0.25, 0.3) is 11.6 Å². The van der Waals surface area contributed by atoms with Gasteiger partial charge in [-0.3, -0.25) is 19.7 Å². The molecular formula is C18H26N3O6+. The van der Waals surface area contributed by atoms with Crippen molar-refractivity contribution in [2.24, 2.45) is 5.92 Å². The number of methoxy groups -OCH3 is 1. The van der Waals surface area contributed by atoms with Crippen molar-refractivity contribution in [3.8, 4) is 5.75 Å². The van der Waals surface area contributed by atoms with Crippen molar-refractivity contribution < 1.29 is 28.9 Å². The van der Waals surface area contributed by atoms with Crippen molar-refractivity contribution in [3.05, 3.63) is 28.3 Å². The number of anilines is 1. The van der Waals surface area contributed by atoms with Crippen LogP contribution < -0.4 is 15.0 Å². The number of nitro groups is 1. The molecule has 0 radical (unpaired) electrons. The van der Waals surface area contributed by atoms with Crippen LogP contribution in [0.5, 0.6) is 5.75 Å². The van der Waals surface area contributed by atoms with Gasteiger partial charge in [-0.1, -0.05) is 0 Å². The Kier molecular flexibility index (Phi) is 7.12. The van der Waals surface area contributed by atoms with E-state index in [1.807, 2.05) is 0 Å². The normalized spacial score (nSPS) is 20.4. The zero-order valence-corrected chi connectivity index (χ0v) is 15.8. The van der Waals surface area contributed by atoms with E-state index in [1.54, 1.807) is 13.8 Å². The molecule has 1 unspecified atom stereocenters. The second kappa shape index (κ2) is 9.31. The summed E-state index contributed by atoms with van der Waals surface area (Å²) < 4.78 is 10.3. The zero-order chi connectivity index (χ0) is 20.0. The van der Waals surface area contributed by atoms with E-state index in [0.717, 1.165) is 24.3 Å². The van der Waals surface area contributed by atoms with Crippen molar-refractivity contribution in [3.63, 3.8) is 0 Å². The summed E-state index contributed by atoms with van der Waals surface area (Å²) >= 11 is 0. The molecule has 1 aliphatic rings. The fourth-order valence-corrected chi connectivity index (χ4v) is 3.28. The molecule has 2 N–H and O–H groups in total. The summed E-state index contributed by atoms with van der Waals surface area (Å²) in [6.07, 6.45) is 1.59. The van der Waals surface area contributed by atoms with E-state index in [0.29, 0.717) is 18.9 Å². The van der Waals surface area contributed by atoms with Gasteiger partial charge in [0.1, 0.15) is 11.7 Å². The number of carbonyl (C=O) groups excluding carboxylic acids is 2. The van der Waals surface area contributed by atoms with Gasteiger partial charge < -0.3 is 19.7 Å². The van der Waals surface area contributed by atoms with Gasteiger partial charge in [-0.25, -0.2) is 0 Å². The third kappa shape index (κ3) is 5.16. The SMILES string of the molecule is CCOC(=O)[C@H]1CCC[NH+]([C@@H](C)C(=O)Nc2cc([N+](=O)[O-])ccc2OC)C1. The summed E-state index contributed by atoms with van der Waals surface area (Å²) in [4.78, 5) is 36.1. The quantitative estimate of drug-likeness (QED) is 0.411. The second-order valence-electron chi connectivity index (χ2n) is 6.56. The Hall–Kier alpha value is -2.68. The number of ether oxygens (including phenoxy) is 2. The monoisotopic (exact) mass is 380 g/mol. The fourth-order valence-electron chi connectivity index (χ4n) is 3.28. The van der Waals surface area contributed by atoms with Gasteiger partial charge in [-0.15, -0.1) is 0 Å². The number of esters is 1. The largest absolute Gasteiger partial charge is 0.495 e. The van der Waals surface area contributed by atoms with Gasteiger partial charge in [0.05, 0.1) is 37.4 Å². The smallest absolute Gasteiger partial charge is 0.314 e. The van der Waals surface area contributed by atoms with Crippen LogP contribution >= 0.6 is 0 Å². The van der Waals surface area contributed by atoms with E-state index < -0.39 is 11.0 Å². The molecule has 0 aromatic heterocycles. The van der Waals surface area contributed by atoms with Gasteiger partial charge in [0.15, 0.2) is 6.04 Å². The maximum atomic E-state index is 12.7. The predicted octanol–water partition coefficient (Wildman–Crippen LogP) is 0.788. The molecule has 1 heterocycles. The van der Waals surface area contributed by atoms with Crippen molar-refractivity contribution in [2.45, 2.75) is 32.7 Å². The first-order valence-electron chi connectivity index (χ1n) is 9.01. The second-order valence-corrected chi connectivity index (χ2v) is 6.56. The standard InChI is InChI=1S/C18H25N3O6/c1-4-27-18(23)13-6-5-9-20(11-13)12(2)17(22)19-15-10-14(21(24)25)7-8-16(15)26-3/h7-8,10,12-13H,4-6,9,11H2,1-3H3,(H,19,22)/p+1/t12-,13-/m0/s1. The molecule has 1 amide bonds. The maximum absolute atomic E-state index is 12.7. The number of nitro benzene ring substituents is 1. The number of piperidine rings is 1. The number of amides is 1. The zero-order valence-electron chi connectivity index (χ0n) is 15.8. The van der Waals surface area contributed by atoms with Crippen molar-refractivity contribution >= 4 is 23.3 Å². The van der Waals surface area contributed by atoms with Gasteiger partial charge in [0, 0.05) is 12.1 Å². The number of carbonyl (C=O) groups is 2. The lowest BCUT2D eigenvalue weighted by molar-refractivity contribution is -0.921. The van der Waals surface area contributed by atoms with E-state index in [4.69, 9.17) is 9.47 Å². The number of likely N-dealkylation sites (tertiary alicyclic amines) is 1. The molecule has 1 aliphatic heterocycles. The molecule has 1 aromatic rings. The molecule has 0 spiro atoms. The lowest BCUT2D eigenvalue weighted by atomic mass is 9.97. The van der Waals surface area contributed by atoms with Gasteiger partial charge in [-0.05, 0) is 32.8 Å². The molecule has 1 saturated heterocycles. The van der Waals surface area contributed by atoms with E-state index >= 15 is 0 Å². The van der Waals surface area contributed by atoms with Crippen molar-refractivity contribution in [2.75, 3.05) is 32.1 Å². The third-order valence-corrected chi connectivity index (χ3v) is 4.84. The number of benzene rings is 1. The third-order valence-electron chi connectivity index (χ3n) is 4.84. The number of nitrogens with zero attached hydrogens (tertiary/aromatic N) is 1. The Labute approximate surface area is 157 Å². The molecule has 2 rings (SSSR count). The highest BCUT2D eigenvalue weighted by molar-refractivity contribution is 5.95. The molecule has 0 bridgehead atoms. The maximum Gasteiger partial charge on any atom is 0.314 e. The molecule has 1 fully saturated rings. The molecule has 9 heteroatoms. The fraction of sp³-hybridized carbons (Fsp3) is 0.556. The molecule has 27 heavy (non-hydrogen) atoms. The lowest BCUT2D eigenvalue weighted by Gasteiger charge is -2.32. The summed E-state index contributed by atoms with van der Waals surface area (Å²) in [6.45, 7) is 5.19. The Balaban J connectivity index is 2.08. The summed E-state index contributed by atoms with van der Waals surface area (Å²) in [5, 5.41) is 13.7. The van der Waals surface area contributed by atoms with Crippen molar-refractivity contribution in [1.29, 1.82) is 0 Å². The highest BCUT2D eigenvalue weighted by Crippen LogP contribution is 2.28. The van der Waals surface area contributed by atoms with E-state index in [9.17, 15) is 19.7 Å². The minimum absolute atomic E-state index is 0.133.